The van der Waals surface area contributed by atoms with Crippen molar-refractivity contribution in [3.63, 3.8) is 0 Å². The van der Waals surface area contributed by atoms with Gasteiger partial charge in [-0.3, -0.25) is 9.59 Å². The highest BCUT2D eigenvalue weighted by Gasteiger charge is 2.28. The van der Waals surface area contributed by atoms with Crippen LogP contribution < -0.4 is 5.32 Å². The standard InChI is InChI=1S/C25H32F2N2O4/c1-4-22-21(29-24(33-22)18-8-10-20(11-9-18)25(3,26)27)15-32-14-17-6-5-7-19(12-17)23(31)28-13-16(2)30/h8-11,17,19H,4-7,12-15H2,1-3H3,(H,28,31). The molecule has 0 bridgehead atoms. The molecule has 0 aliphatic heterocycles. The van der Waals surface area contributed by atoms with Crippen LogP contribution in [0.1, 0.15) is 63.5 Å². The fraction of sp³-hybridized carbons (Fsp3) is 0.560. The molecule has 1 heterocycles. The van der Waals surface area contributed by atoms with Crippen molar-refractivity contribution in [2.24, 2.45) is 11.8 Å². The first kappa shape index (κ1) is 25.0. The van der Waals surface area contributed by atoms with Crippen LogP contribution in [-0.2, 0) is 33.3 Å². The number of oxazole rings is 1. The Morgan fingerprint density at radius 2 is 1.97 bits per heavy atom. The lowest BCUT2D eigenvalue weighted by molar-refractivity contribution is -0.129. The van der Waals surface area contributed by atoms with Crippen LogP contribution in [0.5, 0.6) is 0 Å². The second-order valence-electron chi connectivity index (χ2n) is 8.87. The van der Waals surface area contributed by atoms with Crippen LogP contribution in [0, 0.1) is 11.8 Å². The van der Waals surface area contributed by atoms with E-state index in [0.717, 1.165) is 32.6 Å². The largest absolute Gasteiger partial charge is 0.441 e. The third kappa shape index (κ3) is 6.93. The van der Waals surface area contributed by atoms with Gasteiger partial charge in [-0.1, -0.05) is 25.5 Å². The fourth-order valence-electron chi connectivity index (χ4n) is 4.16. The Morgan fingerprint density at radius 1 is 1.24 bits per heavy atom. The van der Waals surface area contributed by atoms with E-state index in [-0.39, 0.29) is 42.2 Å². The molecule has 1 aromatic heterocycles. The summed E-state index contributed by atoms with van der Waals surface area (Å²) in [5.41, 5.74) is 1.28. The third-order valence-corrected chi connectivity index (χ3v) is 6.00. The average Bonchev–Trinajstić information content (AvgIpc) is 3.20. The van der Waals surface area contributed by atoms with Crippen LogP contribution in [0.4, 0.5) is 8.78 Å². The second kappa shape index (κ2) is 11.0. The summed E-state index contributed by atoms with van der Waals surface area (Å²) >= 11 is 0. The number of carbonyl (C=O) groups is 2. The first-order valence-electron chi connectivity index (χ1n) is 11.5. The number of rotatable bonds is 10. The summed E-state index contributed by atoms with van der Waals surface area (Å²) in [4.78, 5) is 27.9. The molecule has 1 fully saturated rings. The van der Waals surface area contributed by atoms with Gasteiger partial charge in [0.2, 0.25) is 11.8 Å². The van der Waals surface area contributed by atoms with Gasteiger partial charge in [0.15, 0.2) is 0 Å². The number of ether oxygens (including phenoxy) is 1. The van der Waals surface area contributed by atoms with Crippen molar-refractivity contribution in [3.8, 4) is 11.5 Å². The molecule has 1 aromatic carbocycles. The van der Waals surface area contributed by atoms with Gasteiger partial charge in [-0.25, -0.2) is 13.8 Å². The highest BCUT2D eigenvalue weighted by atomic mass is 19.3. The fourth-order valence-corrected chi connectivity index (χ4v) is 4.16. The van der Waals surface area contributed by atoms with Crippen molar-refractivity contribution >= 4 is 11.7 Å². The quantitative estimate of drug-likeness (QED) is 0.535. The Hall–Kier alpha value is -2.61. The van der Waals surface area contributed by atoms with Crippen LogP contribution in [0.2, 0.25) is 0 Å². The number of alkyl halides is 2. The number of benzene rings is 1. The Bertz CT molecular complexity index is 950. The Kier molecular flexibility index (Phi) is 8.35. The number of aromatic nitrogens is 1. The third-order valence-electron chi connectivity index (χ3n) is 6.00. The molecule has 33 heavy (non-hydrogen) atoms. The van der Waals surface area contributed by atoms with E-state index in [1.54, 1.807) is 12.1 Å². The van der Waals surface area contributed by atoms with Crippen molar-refractivity contribution in [1.82, 2.24) is 10.3 Å². The number of hydrogen-bond acceptors (Lipinski definition) is 5. The molecule has 1 N–H and O–H groups in total. The number of hydrogen-bond donors (Lipinski definition) is 1. The minimum atomic E-state index is -2.89. The minimum absolute atomic E-state index is 0.0576. The maximum atomic E-state index is 13.5. The molecule has 8 heteroatoms. The normalized spacial score (nSPS) is 18.8. The molecule has 1 saturated carbocycles. The summed E-state index contributed by atoms with van der Waals surface area (Å²) in [5.74, 6) is -1.74. The second-order valence-corrected chi connectivity index (χ2v) is 8.87. The number of amides is 1. The zero-order valence-corrected chi connectivity index (χ0v) is 19.5. The van der Waals surface area contributed by atoms with E-state index in [2.05, 4.69) is 10.3 Å². The van der Waals surface area contributed by atoms with Crippen molar-refractivity contribution in [3.05, 3.63) is 41.3 Å². The van der Waals surface area contributed by atoms with Gasteiger partial charge in [0.05, 0.1) is 13.2 Å². The van der Waals surface area contributed by atoms with Crippen molar-refractivity contribution in [2.45, 2.75) is 65.4 Å². The van der Waals surface area contributed by atoms with Gasteiger partial charge >= 0.3 is 0 Å². The molecule has 180 valence electrons. The van der Waals surface area contributed by atoms with Crippen molar-refractivity contribution in [1.29, 1.82) is 0 Å². The van der Waals surface area contributed by atoms with Gasteiger partial charge < -0.3 is 14.5 Å². The average molecular weight is 463 g/mol. The number of aryl methyl sites for hydroxylation is 1. The Balaban J connectivity index is 1.55. The lowest BCUT2D eigenvalue weighted by atomic mass is 9.81. The van der Waals surface area contributed by atoms with Crippen LogP contribution in [-0.4, -0.2) is 29.8 Å². The maximum absolute atomic E-state index is 13.5. The highest BCUT2D eigenvalue weighted by Crippen LogP contribution is 2.31. The van der Waals surface area contributed by atoms with Gasteiger partial charge in [0.25, 0.3) is 5.92 Å². The molecule has 2 aromatic rings. The van der Waals surface area contributed by atoms with Gasteiger partial charge in [0.1, 0.15) is 17.2 Å². The molecule has 2 atom stereocenters. The van der Waals surface area contributed by atoms with E-state index in [1.165, 1.54) is 19.1 Å². The first-order valence-corrected chi connectivity index (χ1v) is 11.5. The molecule has 1 aliphatic carbocycles. The van der Waals surface area contributed by atoms with E-state index in [1.807, 2.05) is 6.92 Å². The van der Waals surface area contributed by atoms with Crippen LogP contribution in [0.25, 0.3) is 11.5 Å². The predicted octanol–water partition coefficient (Wildman–Crippen LogP) is 5.04. The monoisotopic (exact) mass is 462 g/mol. The lowest BCUT2D eigenvalue weighted by Gasteiger charge is -2.28. The zero-order valence-electron chi connectivity index (χ0n) is 19.5. The van der Waals surface area contributed by atoms with Gasteiger partial charge in [-0.2, -0.15) is 0 Å². The zero-order chi connectivity index (χ0) is 24.0. The van der Waals surface area contributed by atoms with Crippen LogP contribution in [0.15, 0.2) is 28.7 Å². The van der Waals surface area contributed by atoms with Crippen molar-refractivity contribution < 1.29 is 27.5 Å². The molecule has 0 spiro atoms. The summed E-state index contributed by atoms with van der Waals surface area (Å²) in [7, 11) is 0. The summed E-state index contributed by atoms with van der Waals surface area (Å²) in [6, 6.07) is 5.94. The summed E-state index contributed by atoms with van der Waals surface area (Å²) in [6.45, 7) is 5.16. The number of nitrogens with zero attached hydrogens (tertiary/aromatic N) is 1. The molecule has 0 saturated heterocycles. The summed E-state index contributed by atoms with van der Waals surface area (Å²) < 4.78 is 38.7. The summed E-state index contributed by atoms with van der Waals surface area (Å²) in [6.07, 6.45) is 4.15. The summed E-state index contributed by atoms with van der Waals surface area (Å²) in [5, 5.41) is 2.71. The number of ketones is 1. The minimum Gasteiger partial charge on any atom is -0.441 e. The predicted molar refractivity (Wildman–Crippen MR) is 120 cm³/mol. The van der Waals surface area contributed by atoms with Gasteiger partial charge in [-0.05, 0) is 44.2 Å². The number of halogens is 2. The lowest BCUT2D eigenvalue weighted by Crippen LogP contribution is -2.36. The van der Waals surface area contributed by atoms with E-state index in [9.17, 15) is 18.4 Å². The van der Waals surface area contributed by atoms with E-state index < -0.39 is 5.92 Å². The van der Waals surface area contributed by atoms with Crippen molar-refractivity contribution in [2.75, 3.05) is 13.2 Å². The van der Waals surface area contributed by atoms with E-state index in [0.29, 0.717) is 35.9 Å². The Labute approximate surface area is 193 Å². The topological polar surface area (TPSA) is 81.4 Å². The number of Topliss-reactive ketones (excluding diaryl/α,β-unsaturated/α-hetero) is 1. The van der Waals surface area contributed by atoms with Crippen LogP contribution in [0.3, 0.4) is 0 Å². The van der Waals surface area contributed by atoms with E-state index >= 15 is 0 Å². The molecule has 3 rings (SSSR count). The molecular weight excluding hydrogens is 430 g/mol. The molecule has 6 nitrogen and oxygen atoms in total. The van der Waals surface area contributed by atoms with Gasteiger partial charge in [0, 0.05) is 37.0 Å². The maximum Gasteiger partial charge on any atom is 0.270 e. The Morgan fingerprint density at radius 3 is 2.61 bits per heavy atom. The van der Waals surface area contributed by atoms with E-state index in [4.69, 9.17) is 9.15 Å². The van der Waals surface area contributed by atoms with Gasteiger partial charge in [-0.15, -0.1) is 0 Å². The number of carbonyl (C=O) groups excluding carboxylic acids is 2. The smallest absolute Gasteiger partial charge is 0.270 e. The molecular formula is C25H32F2N2O4. The highest BCUT2D eigenvalue weighted by molar-refractivity contribution is 5.85. The van der Waals surface area contributed by atoms with Crippen LogP contribution >= 0.6 is 0 Å². The molecule has 1 aliphatic rings. The molecule has 1 amide bonds. The SMILES string of the molecule is CCc1oc(-c2ccc(C(C)(F)F)cc2)nc1COCC1CCCC(C(=O)NCC(C)=O)C1. The molecule has 2 unspecified atom stereocenters. The first-order chi connectivity index (χ1) is 15.7. The molecule has 0 radical (unpaired) electrons. The number of nitrogens with one attached hydrogen (secondary N) is 1.